The van der Waals surface area contributed by atoms with Gasteiger partial charge in [0.1, 0.15) is 0 Å². The molecular weight excluding hydrogens is 292 g/mol. The molecule has 0 unspecified atom stereocenters. The maximum atomic E-state index is 12.3. The van der Waals surface area contributed by atoms with E-state index in [1.807, 2.05) is 29.6 Å². The van der Waals surface area contributed by atoms with E-state index in [1.54, 1.807) is 11.3 Å². The smallest absolute Gasteiger partial charge is 0.162 e. The number of aryl methyl sites for hydroxylation is 1. The molecule has 0 N–H and O–H groups in total. The van der Waals surface area contributed by atoms with E-state index in [0.717, 1.165) is 23.5 Å². The van der Waals surface area contributed by atoms with E-state index in [2.05, 4.69) is 6.07 Å². The summed E-state index contributed by atoms with van der Waals surface area (Å²) in [5.41, 5.74) is 0. The van der Waals surface area contributed by atoms with Crippen LogP contribution >= 0.6 is 11.3 Å². The molecular formula is C15H16O3S2. The van der Waals surface area contributed by atoms with Crippen molar-refractivity contribution in [1.82, 2.24) is 0 Å². The first-order valence-corrected chi connectivity index (χ1v) is 8.83. The summed E-state index contributed by atoms with van der Waals surface area (Å²) in [6.45, 7) is 1.33. The van der Waals surface area contributed by atoms with Crippen molar-refractivity contribution >= 4 is 22.1 Å². The van der Waals surface area contributed by atoms with Crippen molar-refractivity contribution in [2.24, 2.45) is 0 Å². The maximum absolute atomic E-state index is 12.3. The molecule has 3 rings (SSSR count). The lowest BCUT2D eigenvalue weighted by atomic mass is 10.3. The Morgan fingerprint density at radius 2 is 2.00 bits per heavy atom. The third-order valence-electron chi connectivity index (χ3n) is 3.10. The topological polar surface area (TPSA) is 35.5 Å². The number of fused-ring (bicyclic) bond motifs is 1. The molecule has 3 nitrogen and oxygen atoms in total. The summed E-state index contributed by atoms with van der Waals surface area (Å²) in [4.78, 5) is 2.08. The van der Waals surface area contributed by atoms with Gasteiger partial charge in [-0.3, -0.25) is 4.21 Å². The fourth-order valence-electron chi connectivity index (χ4n) is 2.05. The van der Waals surface area contributed by atoms with Gasteiger partial charge in [-0.2, -0.15) is 0 Å². The number of ether oxygens (including phenoxy) is 2. The Bertz CT molecular complexity index is 593. The first-order chi connectivity index (χ1) is 9.83. The molecule has 0 spiro atoms. The molecule has 0 radical (unpaired) electrons. The predicted molar refractivity (Wildman–Crippen MR) is 81.3 cm³/mol. The minimum absolute atomic E-state index is 0.639. The number of thiophene rings is 1. The molecule has 0 bridgehead atoms. The van der Waals surface area contributed by atoms with E-state index < -0.39 is 10.8 Å². The molecule has 20 heavy (non-hydrogen) atoms. The molecule has 1 aromatic heterocycles. The van der Waals surface area contributed by atoms with Crippen molar-refractivity contribution in [3.8, 4) is 11.5 Å². The zero-order valence-electron chi connectivity index (χ0n) is 11.0. The van der Waals surface area contributed by atoms with Crippen molar-refractivity contribution in [3.05, 3.63) is 40.6 Å². The second-order valence-electron chi connectivity index (χ2n) is 4.54. The number of rotatable bonds is 4. The van der Waals surface area contributed by atoms with Crippen molar-refractivity contribution in [2.45, 2.75) is 17.7 Å². The predicted octanol–water partition coefficient (Wildman–Crippen LogP) is 3.26. The van der Waals surface area contributed by atoms with Crippen LogP contribution in [-0.4, -0.2) is 23.2 Å². The highest BCUT2D eigenvalue weighted by Gasteiger charge is 2.13. The van der Waals surface area contributed by atoms with Gasteiger partial charge >= 0.3 is 0 Å². The summed E-state index contributed by atoms with van der Waals surface area (Å²) in [7, 11) is -1.00. The third-order valence-corrected chi connectivity index (χ3v) is 5.39. The molecule has 5 heteroatoms. The van der Waals surface area contributed by atoms with Gasteiger partial charge in [0, 0.05) is 28.0 Å². The highest BCUT2D eigenvalue weighted by Crippen LogP contribution is 2.31. The van der Waals surface area contributed by atoms with Crippen LogP contribution in [0.2, 0.25) is 0 Å². The van der Waals surface area contributed by atoms with E-state index >= 15 is 0 Å². The molecule has 106 valence electrons. The van der Waals surface area contributed by atoms with Gasteiger partial charge in [0.2, 0.25) is 0 Å². The van der Waals surface area contributed by atoms with Crippen LogP contribution in [0.4, 0.5) is 0 Å². The van der Waals surface area contributed by atoms with E-state index in [-0.39, 0.29) is 0 Å². The summed E-state index contributed by atoms with van der Waals surface area (Å²) in [5, 5.41) is 2.05. The van der Waals surface area contributed by atoms with Gasteiger partial charge in [-0.1, -0.05) is 6.07 Å². The van der Waals surface area contributed by atoms with Gasteiger partial charge in [-0.15, -0.1) is 11.3 Å². The summed E-state index contributed by atoms with van der Waals surface area (Å²) in [6, 6.07) is 9.69. The Hall–Kier alpha value is -1.33. The average molecular weight is 308 g/mol. The fourth-order valence-corrected chi connectivity index (χ4v) is 3.99. The minimum Gasteiger partial charge on any atom is -0.490 e. The second kappa shape index (κ2) is 6.41. The average Bonchev–Trinajstić information content (AvgIpc) is 2.88. The van der Waals surface area contributed by atoms with E-state index in [1.165, 1.54) is 4.88 Å². The molecule has 2 heterocycles. The van der Waals surface area contributed by atoms with Crippen LogP contribution in [-0.2, 0) is 17.2 Å². The zero-order chi connectivity index (χ0) is 13.8. The fraction of sp³-hybridized carbons (Fsp3) is 0.333. The lowest BCUT2D eigenvalue weighted by molar-refractivity contribution is 0.297. The van der Waals surface area contributed by atoms with E-state index in [4.69, 9.17) is 9.47 Å². The largest absolute Gasteiger partial charge is 0.490 e. The Balaban J connectivity index is 1.70. The number of hydrogen-bond donors (Lipinski definition) is 0. The van der Waals surface area contributed by atoms with Crippen LogP contribution in [0.25, 0.3) is 0 Å². The highest BCUT2D eigenvalue weighted by atomic mass is 32.2. The first-order valence-electron chi connectivity index (χ1n) is 6.63. The van der Waals surface area contributed by atoms with Crippen LogP contribution in [0.5, 0.6) is 11.5 Å². The normalized spacial score (nSPS) is 15.6. The van der Waals surface area contributed by atoms with Crippen LogP contribution in [0, 0.1) is 0 Å². The third kappa shape index (κ3) is 3.22. The Labute approximate surface area is 125 Å². The molecule has 0 saturated heterocycles. The number of hydrogen-bond acceptors (Lipinski definition) is 4. The number of benzene rings is 1. The van der Waals surface area contributed by atoms with Gasteiger partial charge in [0.05, 0.1) is 24.0 Å². The highest BCUT2D eigenvalue weighted by molar-refractivity contribution is 7.85. The van der Waals surface area contributed by atoms with E-state index in [9.17, 15) is 4.21 Å². The lowest BCUT2D eigenvalue weighted by Crippen LogP contribution is -2.01. The maximum Gasteiger partial charge on any atom is 0.162 e. The Morgan fingerprint density at radius 1 is 1.15 bits per heavy atom. The SMILES string of the molecule is O=[S@@](CCc1cccs1)c1ccc2c(c1)OCCCO2. The summed E-state index contributed by atoms with van der Waals surface area (Å²) in [6.07, 6.45) is 1.73. The van der Waals surface area contributed by atoms with Crippen LogP contribution in [0.15, 0.2) is 40.6 Å². The van der Waals surface area contributed by atoms with Crippen molar-refractivity contribution in [1.29, 1.82) is 0 Å². The molecule has 1 aromatic carbocycles. The summed E-state index contributed by atoms with van der Waals surface area (Å²) >= 11 is 1.71. The molecule has 2 aromatic rings. The van der Waals surface area contributed by atoms with Gasteiger partial charge in [-0.25, -0.2) is 0 Å². The van der Waals surface area contributed by atoms with Gasteiger partial charge in [0.25, 0.3) is 0 Å². The van der Waals surface area contributed by atoms with E-state index in [0.29, 0.717) is 24.7 Å². The monoisotopic (exact) mass is 308 g/mol. The lowest BCUT2D eigenvalue weighted by Gasteiger charge is -2.09. The van der Waals surface area contributed by atoms with Crippen molar-refractivity contribution in [3.63, 3.8) is 0 Å². The molecule has 1 atom stereocenters. The molecule has 0 aliphatic carbocycles. The molecule has 1 aliphatic rings. The van der Waals surface area contributed by atoms with Gasteiger partial charge < -0.3 is 9.47 Å². The quantitative estimate of drug-likeness (QED) is 0.869. The Kier molecular flexibility index (Phi) is 4.38. The van der Waals surface area contributed by atoms with Crippen molar-refractivity contribution in [2.75, 3.05) is 19.0 Å². The van der Waals surface area contributed by atoms with Crippen LogP contribution in [0.1, 0.15) is 11.3 Å². The Morgan fingerprint density at radius 3 is 2.80 bits per heavy atom. The summed E-state index contributed by atoms with van der Waals surface area (Å²) in [5.74, 6) is 2.10. The minimum atomic E-state index is -1.00. The van der Waals surface area contributed by atoms with Crippen LogP contribution < -0.4 is 9.47 Å². The first kappa shape index (κ1) is 13.6. The zero-order valence-corrected chi connectivity index (χ0v) is 12.7. The van der Waals surface area contributed by atoms with Crippen molar-refractivity contribution < 1.29 is 13.7 Å². The molecule has 1 aliphatic heterocycles. The molecule has 0 amide bonds. The van der Waals surface area contributed by atoms with Gasteiger partial charge in [0.15, 0.2) is 11.5 Å². The van der Waals surface area contributed by atoms with Crippen LogP contribution in [0.3, 0.4) is 0 Å². The molecule has 0 saturated carbocycles. The molecule has 0 fully saturated rings. The second-order valence-corrected chi connectivity index (χ2v) is 7.14. The summed E-state index contributed by atoms with van der Waals surface area (Å²) < 4.78 is 23.5. The van der Waals surface area contributed by atoms with Gasteiger partial charge in [-0.05, 0) is 30.0 Å². The standard InChI is InChI=1S/C15H16O3S2/c16-20(10-6-12-3-1-9-19-12)13-4-5-14-15(11-13)18-8-2-7-17-14/h1,3-5,9,11H,2,6-8,10H2/t20-/m0/s1.